The van der Waals surface area contributed by atoms with Gasteiger partial charge in [0.15, 0.2) is 5.75 Å². The number of phosphoric acid groups is 1. The Labute approximate surface area is 155 Å². The van der Waals surface area contributed by atoms with Crippen molar-refractivity contribution >= 4 is 25.7 Å². The van der Waals surface area contributed by atoms with E-state index in [2.05, 4.69) is 0 Å². The maximum absolute atomic E-state index is 13.3. The number of benzene rings is 3. The first kappa shape index (κ1) is 16.8. The molecule has 3 aromatic carbocycles. The van der Waals surface area contributed by atoms with Crippen LogP contribution in [-0.2, 0) is 9.19 Å². The van der Waals surface area contributed by atoms with Crippen LogP contribution >= 0.6 is 20.1 Å². The molecular weight excluding hydrogens is 373 g/mol. The summed E-state index contributed by atoms with van der Waals surface area (Å²) in [5.74, 6) is 1.33. The third-order valence-corrected chi connectivity index (χ3v) is 5.36. The summed E-state index contributed by atoms with van der Waals surface area (Å²) in [5.41, 5.74) is 0.617. The lowest BCUT2D eigenvalue weighted by Gasteiger charge is -2.22. The van der Waals surface area contributed by atoms with Crippen molar-refractivity contribution in [2.75, 3.05) is 4.47 Å². The fourth-order valence-corrected chi connectivity index (χ4v) is 4.22. The van der Waals surface area contributed by atoms with Gasteiger partial charge in [-0.25, -0.2) is 4.57 Å². The van der Waals surface area contributed by atoms with Gasteiger partial charge in [-0.15, -0.1) is 9.09 Å². The molecule has 6 nitrogen and oxygen atoms in total. The normalized spacial score (nSPS) is 13.0. The van der Waals surface area contributed by atoms with Crippen LogP contribution in [-0.4, -0.2) is 0 Å². The van der Waals surface area contributed by atoms with E-state index in [-0.39, 0.29) is 0 Å². The lowest BCUT2D eigenvalue weighted by Crippen LogP contribution is -2.16. The molecular formula is C18H14NO5PS. The molecule has 0 saturated heterocycles. The molecule has 0 bridgehead atoms. The maximum Gasteiger partial charge on any atom is 0.610 e. The second-order valence-electron chi connectivity index (χ2n) is 5.22. The highest BCUT2D eigenvalue weighted by Gasteiger charge is 2.38. The van der Waals surface area contributed by atoms with Crippen molar-refractivity contribution in [3.8, 4) is 17.2 Å². The highest BCUT2D eigenvalue weighted by molar-refractivity contribution is 7.96. The predicted molar refractivity (Wildman–Crippen MR) is 100.0 cm³/mol. The van der Waals surface area contributed by atoms with Crippen LogP contribution in [0.4, 0.5) is 5.69 Å². The molecule has 0 atom stereocenters. The van der Waals surface area contributed by atoms with Gasteiger partial charge in [0.2, 0.25) is 12.2 Å². The quantitative estimate of drug-likeness (QED) is 0.308. The van der Waals surface area contributed by atoms with E-state index in [9.17, 15) is 4.57 Å². The van der Waals surface area contributed by atoms with Crippen molar-refractivity contribution in [2.45, 2.75) is 0 Å². The van der Waals surface area contributed by atoms with Gasteiger partial charge in [0.1, 0.15) is 17.2 Å². The Morgan fingerprint density at radius 3 is 1.92 bits per heavy atom. The van der Waals surface area contributed by atoms with Gasteiger partial charge in [0.25, 0.3) is 0 Å². The molecule has 1 aliphatic heterocycles. The fraction of sp³-hybridized carbons (Fsp3) is 0. The monoisotopic (exact) mass is 387 g/mol. The zero-order valence-electron chi connectivity index (χ0n) is 13.4. The first-order valence-electron chi connectivity index (χ1n) is 7.75. The molecule has 0 amide bonds. The van der Waals surface area contributed by atoms with Gasteiger partial charge in [-0.05, 0) is 36.4 Å². The first-order valence-corrected chi connectivity index (χ1v) is 9.91. The van der Waals surface area contributed by atoms with E-state index in [4.69, 9.17) is 17.9 Å². The molecule has 0 aromatic heterocycles. The Bertz CT molecular complexity index is 880. The Morgan fingerprint density at radius 2 is 1.31 bits per heavy atom. The molecule has 3 aromatic rings. The summed E-state index contributed by atoms with van der Waals surface area (Å²) in [6.45, 7) is 0. The lowest BCUT2D eigenvalue weighted by molar-refractivity contribution is 0.225. The topological polar surface area (TPSA) is 57.2 Å². The Hall–Kier alpha value is -2.60. The summed E-state index contributed by atoms with van der Waals surface area (Å²) in [4.78, 5) is 0. The highest BCUT2D eigenvalue weighted by atomic mass is 32.2. The van der Waals surface area contributed by atoms with E-state index in [1.165, 1.54) is 4.47 Å². The van der Waals surface area contributed by atoms with E-state index >= 15 is 0 Å². The van der Waals surface area contributed by atoms with Gasteiger partial charge in [-0.3, -0.25) is 0 Å². The molecule has 1 aliphatic rings. The summed E-state index contributed by atoms with van der Waals surface area (Å²) in [5, 5.41) is 0. The smallest absolute Gasteiger partial charge is 0.401 e. The molecule has 0 spiro atoms. The molecule has 0 unspecified atom stereocenters. The predicted octanol–water partition coefficient (Wildman–Crippen LogP) is 5.65. The number of para-hydroxylation sites is 4. The molecule has 1 heterocycles. The van der Waals surface area contributed by atoms with Crippen molar-refractivity contribution in [1.82, 2.24) is 0 Å². The van der Waals surface area contributed by atoms with Gasteiger partial charge in [0.05, 0.1) is 0 Å². The van der Waals surface area contributed by atoms with Crippen molar-refractivity contribution in [3.63, 3.8) is 0 Å². The average molecular weight is 387 g/mol. The molecule has 0 saturated carbocycles. The van der Waals surface area contributed by atoms with E-state index in [1.807, 2.05) is 24.3 Å². The summed E-state index contributed by atoms with van der Waals surface area (Å²) in [6.07, 6.45) is 0. The number of hydrogen-bond donors (Lipinski definition) is 0. The lowest BCUT2D eigenvalue weighted by atomic mass is 10.3. The summed E-state index contributed by atoms with van der Waals surface area (Å²) in [6, 6.07) is 24.7. The van der Waals surface area contributed by atoms with Crippen LogP contribution < -0.4 is 17.7 Å². The molecule has 0 fully saturated rings. The van der Waals surface area contributed by atoms with E-state index in [0.717, 1.165) is 12.2 Å². The van der Waals surface area contributed by atoms with Crippen molar-refractivity contribution < 1.29 is 22.4 Å². The minimum Gasteiger partial charge on any atom is -0.401 e. The fourth-order valence-electron chi connectivity index (χ4n) is 2.21. The van der Waals surface area contributed by atoms with E-state index in [1.54, 1.807) is 60.7 Å². The van der Waals surface area contributed by atoms with Crippen LogP contribution in [0.1, 0.15) is 0 Å². The first-order chi connectivity index (χ1) is 12.7. The number of phosphoric ester groups is 1. The molecule has 0 N–H and O–H groups in total. The van der Waals surface area contributed by atoms with Gasteiger partial charge >= 0.3 is 7.82 Å². The molecule has 0 aliphatic carbocycles. The maximum atomic E-state index is 13.3. The van der Waals surface area contributed by atoms with Crippen molar-refractivity contribution in [2.24, 2.45) is 0 Å². The SMILES string of the molecule is O=P(Oc1ccccc1)(Oc1ccccc1)ON1SOc2ccccc21. The molecule has 4 rings (SSSR count). The van der Waals surface area contributed by atoms with Crippen molar-refractivity contribution in [3.05, 3.63) is 84.9 Å². The van der Waals surface area contributed by atoms with Crippen LogP contribution in [0, 0.1) is 0 Å². The average Bonchev–Trinajstić information content (AvgIpc) is 3.06. The number of fused-ring (bicyclic) bond motifs is 1. The summed E-state index contributed by atoms with van der Waals surface area (Å²) in [7, 11) is -4.04. The zero-order valence-corrected chi connectivity index (χ0v) is 15.1. The molecule has 132 valence electrons. The second kappa shape index (κ2) is 7.33. The van der Waals surface area contributed by atoms with E-state index < -0.39 is 7.82 Å². The third-order valence-electron chi connectivity index (χ3n) is 3.35. The Morgan fingerprint density at radius 1 is 0.769 bits per heavy atom. The van der Waals surface area contributed by atoms with Crippen LogP contribution in [0.3, 0.4) is 0 Å². The number of rotatable bonds is 6. The molecule has 0 radical (unpaired) electrons. The number of nitrogens with zero attached hydrogens (tertiary/aromatic N) is 1. The van der Waals surface area contributed by atoms with E-state index in [0.29, 0.717) is 22.9 Å². The van der Waals surface area contributed by atoms with Gasteiger partial charge in [0, 0.05) is 0 Å². The standard InChI is InChI=1S/C18H14NO5PS/c20-25(21-15-9-3-1-4-10-15,22-16-11-5-2-6-12-16)24-19-17-13-7-8-14-18(17)23-26-19/h1-14H. The van der Waals surface area contributed by atoms with Gasteiger partial charge < -0.3 is 13.2 Å². The van der Waals surface area contributed by atoms with Crippen LogP contribution in [0.5, 0.6) is 17.2 Å². The van der Waals surface area contributed by atoms with Crippen molar-refractivity contribution in [1.29, 1.82) is 0 Å². The summed E-state index contributed by atoms with van der Waals surface area (Å²) >= 11 is 0.898. The van der Waals surface area contributed by atoms with Gasteiger partial charge in [-0.1, -0.05) is 48.5 Å². The third kappa shape index (κ3) is 3.80. The zero-order chi connectivity index (χ0) is 17.8. The minimum atomic E-state index is -4.04. The Balaban J connectivity index is 1.61. The second-order valence-corrected chi connectivity index (χ2v) is 7.29. The molecule has 8 heteroatoms. The largest absolute Gasteiger partial charge is 0.610 e. The number of anilines is 1. The number of hydrogen-bond acceptors (Lipinski definition) is 7. The van der Waals surface area contributed by atoms with Crippen LogP contribution in [0.15, 0.2) is 84.9 Å². The minimum absolute atomic E-state index is 0.366. The summed E-state index contributed by atoms with van der Waals surface area (Å²) < 4.78 is 36.8. The van der Waals surface area contributed by atoms with Crippen LogP contribution in [0.2, 0.25) is 0 Å². The highest BCUT2D eigenvalue weighted by Crippen LogP contribution is 2.54. The Kier molecular flexibility index (Phi) is 4.75. The van der Waals surface area contributed by atoms with Gasteiger partial charge in [-0.2, -0.15) is 0 Å². The van der Waals surface area contributed by atoms with Crippen LogP contribution in [0.25, 0.3) is 0 Å². The molecule has 26 heavy (non-hydrogen) atoms.